The van der Waals surface area contributed by atoms with Crippen molar-refractivity contribution >= 4 is 11.8 Å². The Kier molecular flexibility index (Phi) is 6.50. The summed E-state index contributed by atoms with van der Waals surface area (Å²) in [6.45, 7) is -0.837. The molecule has 122 valence electrons. The van der Waals surface area contributed by atoms with Gasteiger partial charge in [-0.15, -0.1) is 0 Å². The second-order valence-electron chi connectivity index (χ2n) is 4.74. The minimum atomic E-state index is -1.96. The lowest BCUT2D eigenvalue weighted by Crippen LogP contribution is -2.48. The summed E-state index contributed by atoms with van der Waals surface area (Å²) in [6, 6.07) is 5.70. The monoisotopic (exact) mass is 313 g/mol. The van der Waals surface area contributed by atoms with Crippen LogP contribution in [0.1, 0.15) is 13.4 Å². The Bertz CT molecular complexity index is 543. The molecule has 0 aromatic heterocycles. The second kappa shape index (κ2) is 8.62. The van der Waals surface area contributed by atoms with Gasteiger partial charge in [-0.05, 0) is 17.7 Å². The molecule has 0 amide bonds. The van der Waals surface area contributed by atoms with Crippen LogP contribution in [-0.2, 0) is 4.79 Å². The number of phenols is 1. The molecular weight excluding hydrogens is 292 g/mol. The van der Waals surface area contributed by atoms with Gasteiger partial charge in [-0.25, -0.2) is 0 Å². The zero-order chi connectivity index (χ0) is 17.6. The zero-order valence-corrected chi connectivity index (χ0v) is 11.7. The molecule has 0 saturated carbocycles. The Morgan fingerprint density at radius 2 is 1.73 bits per heavy atom. The van der Waals surface area contributed by atoms with E-state index in [1.54, 1.807) is 0 Å². The van der Waals surface area contributed by atoms with Gasteiger partial charge in [-0.2, -0.15) is 0 Å². The molecule has 4 atom stereocenters. The number of carbonyl (C=O) groups excluding carboxylic acids is 1. The maximum atomic E-state index is 11.8. The van der Waals surface area contributed by atoms with Crippen molar-refractivity contribution < 1.29 is 36.8 Å². The summed E-state index contributed by atoms with van der Waals surface area (Å²) in [7, 11) is 0. The molecule has 0 spiro atoms. The maximum absolute atomic E-state index is 11.8. The summed E-state index contributed by atoms with van der Waals surface area (Å²) in [5.41, 5.74) is 0.446. The average molecular weight is 313 g/mol. The third-order valence-corrected chi connectivity index (χ3v) is 3.02. The fourth-order valence-electron chi connectivity index (χ4n) is 1.66. The first-order valence-electron chi connectivity index (χ1n) is 7.10. The highest BCUT2D eigenvalue weighted by Gasteiger charge is 2.33. The van der Waals surface area contributed by atoms with E-state index < -0.39 is 36.8 Å². The first-order chi connectivity index (χ1) is 10.8. The fourth-order valence-corrected chi connectivity index (χ4v) is 1.66. The van der Waals surface area contributed by atoms with E-state index in [0.717, 1.165) is 0 Å². The fraction of sp³-hybridized carbons (Fsp3) is 0.400. The molecule has 0 aliphatic heterocycles. The van der Waals surface area contributed by atoms with Crippen LogP contribution in [-0.4, -0.2) is 67.4 Å². The lowest BCUT2D eigenvalue weighted by atomic mass is 9.99. The van der Waals surface area contributed by atoms with Crippen molar-refractivity contribution in [2.45, 2.75) is 30.8 Å². The first kappa shape index (κ1) is 16.6. The van der Waals surface area contributed by atoms with Crippen molar-refractivity contribution in [3.05, 3.63) is 35.9 Å². The summed E-state index contributed by atoms with van der Waals surface area (Å²) in [4.78, 5) is 11.8. The predicted molar refractivity (Wildman–Crippen MR) is 77.9 cm³/mol. The Balaban J connectivity index is 2.67. The number of aromatic hydroxyl groups is 1. The number of hydrogen-bond donors (Lipinski definition) is 6. The highest BCUT2D eigenvalue weighted by Crippen LogP contribution is 2.12. The Labute approximate surface area is 128 Å². The summed E-state index contributed by atoms with van der Waals surface area (Å²) in [6.07, 6.45) is -6.66. The molecule has 0 aliphatic rings. The number of Topliss-reactive ketones (excluding diaryl/α,β-unsaturated/α-hetero) is 1. The molecule has 0 heterocycles. The van der Waals surface area contributed by atoms with Crippen molar-refractivity contribution in [3.63, 3.8) is 0 Å². The van der Waals surface area contributed by atoms with E-state index in [2.05, 4.69) is 0 Å². The molecule has 1 aromatic rings. The van der Waals surface area contributed by atoms with Crippen molar-refractivity contribution in [3.8, 4) is 5.75 Å². The third-order valence-electron chi connectivity index (χ3n) is 3.02. The van der Waals surface area contributed by atoms with Crippen molar-refractivity contribution in [1.82, 2.24) is 0 Å². The molecule has 0 unspecified atom stereocenters. The van der Waals surface area contributed by atoms with Crippen LogP contribution >= 0.6 is 0 Å². The van der Waals surface area contributed by atoms with Crippen molar-refractivity contribution in [1.29, 1.82) is 0 Å². The molecule has 7 nitrogen and oxygen atoms in total. The van der Waals surface area contributed by atoms with Crippen LogP contribution in [0.5, 0.6) is 5.75 Å². The maximum Gasteiger partial charge on any atom is 0.167 e. The second-order valence-corrected chi connectivity index (χ2v) is 4.74. The van der Waals surface area contributed by atoms with Crippen molar-refractivity contribution in [2.24, 2.45) is 0 Å². The van der Waals surface area contributed by atoms with E-state index in [9.17, 15) is 25.2 Å². The summed E-state index contributed by atoms with van der Waals surface area (Å²) in [5, 5.41) is 55.6. The number of rotatable bonds is 8. The highest BCUT2D eigenvalue weighted by atomic mass is 16.4. The molecule has 0 radical (unpaired) electrons. The van der Waals surface area contributed by atoms with Crippen LogP contribution in [0.25, 0.3) is 6.05 Å². The van der Waals surface area contributed by atoms with Gasteiger partial charge >= 0.3 is 0 Å². The number of hydrogen-bond acceptors (Lipinski definition) is 7. The summed E-state index contributed by atoms with van der Waals surface area (Å²) < 4.78 is 7.77. The quantitative estimate of drug-likeness (QED) is 0.354. The largest absolute Gasteiger partial charge is 0.508 e. The molecule has 6 N–H and O–H groups in total. The van der Waals surface area contributed by atoms with E-state index in [0.29, 0.717) is 5.56 Å². The number of carbonyl (C=O) groups is 1. The van der Waals surface area contributed by atoms with Gasteiger partial charge < -0.3 is 30.6 Å². The van der Waals surface area contributed by atoms with Gasteiger partial charge in [-0.1, -0.05) is 24.3 Å². The molecule has 0 saturated heterocycles. The lowest BCUT2D eigenvalue weighted by Gasteiger charge is -2.24. The number of benzene rings is 1. The van der Waals surface area contributed by atoms with Crippen molar-refractivity contribution in [2.75, 3.05) is 6.61 Å². The van der Waals surface area contributed by atoms with Crippen LogP contribution in [0, 0.1) is 0 Å². The molecule has 0 aliphatic carbocycles. The summed E-state index contributed by atoms with van der Waals surface area (Å²) in [5.74, 6) is -0.821. The lowest BCUT2D eigenvalue weighted by molar-refractivity contribution is -0.146. The van der Waals surface area contributed by atoms with E-state index in [-0.39, 0.29) is 18.2 Å². The van der Waals surface area contributed by atoms with E-state index in [1.165, 1.54) is 30.3 Å². The molecule has 1 aromatic carbocycles. The molecule has 1 rings (SSSR count). The van der Waals surface area contributed by atoms with Crippen LogP contribution in [0.4, 0.5) is 0 Å². The zero-order valence-electron chi connectivity index (χ0n) is 12.7. The smallest absolute Gasteiger partial charge is 0.167 e. The van der Waals surface area contributed by atoms with Crippen LogP contribution in [0.3, 0.4) is 0 Å². The van der Waals surface area contributed by atoms with Gasteiger partial charge in [0.05, 0.1) is 7.98 Å². The summed E-state index contributed by atoms with van der Waals surface area (Å²) >= 11 is 0. The number of phenolic OH excluding ortho intramolecular Hbond substituents is 1. The minimum Gasteiger partial charge on any atom is -0.508 e. The molecule has 0 bridgehead atoms. The van der Waals surface area contributed by atoms with E-state index in [1.807, 2.05) is 0 Å². The number of aliphatic hydroxyl groups excluding tert-OH is 5. The van der Waals surface area contributed by atoms with Gasteiger partial charge in [0, 0.05) is 6.42 Å². The van der Waals surface area contributed by atoms with E-state index >= 15 is 0 Å². The molecular formula is C15H20O7. The molecule has 7 heteroatoms. The standard InChI is InChI=1S/C15H20O7/c16-8-12(19)14(21)15(22)13(20)11(18)3-1-2-9-4-6-10(17)7-5-9/h1-2,4-7,12-17,19-22H,3,8H2/b2-1+/t12-,13+,14-,15-/m1/s1/i2D. The number of allylic oxidation sites excluding steroid dienone is 1. The number of ketones is 1. The van der Waals surface area contributed by atoms with Gasteiger partial charge in [0.25, 0.3) is 0 Å². The normalized spacial score (nSPS) is 18.2. The Hall–Kier alpha value is -1.77. The topological polar surface area (TPSA) is 138 Å². The average Bonchev–Trinajstić information content (AvgIpc) is 2.57. The van der Waals surface area contributed by atoms with Crippen LogP contribution < -0.4 is 0 Å². The van der Waals surface area contributed by atoms with E-state index in [4.69, 9.17) is 11.6 Å². The number of aliphatic hydroxyl groups is 5. The SMILES string of the molecule is [2H]/C(=C\CC(=O)[C@H](O)[C@@H](O)[C@H](O)[C@H](O)CO)c1ccc(O)cc1. The first-order valence-corrected chi connectivity index (χ1v) is 6.60. The highest BCUT2D eigenvalue weighted by molar-refractivity contribution is 5.85. The van der Waals surface area contributed by atoms with Crippen LogP contribution in [0.15, 0.2) is 30.3 Å². The van der Waals surface area contributed by atoms with Gasteiger partial charge in [0.15, 0.2) is 5.78 Å². The van der Waals surface area contributed by atoms with Gasteiger partial charge in [-0.3, -0.25) is 4.79 Å². The van der Waals surface area contributed by atoms with Gasteiger partial charge in [0.1, 0.15) is 30.2 Å². The Morgan fingerprint density at radius 1 is 1.14 bits per heavy atom. The minimum absolute atomic E-state index is 0.0176. The predicted octanol–water partition coefficient (Wildman–Crippen LogP) is -1.20. The van der Waals surface area contributed by atoms with Gasteiger partial charge in [0.2, 0.25) is 0 Å². The molecule has 22 heavy (non-hydrogen) atoms. The third kappa shape index (κ3) is 5.21. The molecule has 0 fully saturated rings. The van der Waals surface area contributed by atoms with Crippen LogP contribution in [0.2, 0.25) is 0 Å². The Morgan fingerprint density at radius 3 is 2.27 bits per heavy atom.